The summed E-state index contributed by atoms with van der Waals surface area (Å²) < 4.78 is 2.10. The molecule has 0 aliphatic carbocycles. The van der Waals surface area contributed by atoms with Crippen LogP contribution >= 0.6 is 11.6 Å². The zero-order chi connectivity index (χ0) is 24.2. The van der Waals surface area contributed by atoms with Crippen molar-refractivity contribution in [2.24, 2.45) is 0 Å². The molecule has 6 heteroatoms. The number of para-hydroxylation sites is 1. The maximum Gasteiger partial charge on any atom is 0.266 e. The van der Waals surface area contributed by atoms with Gasteiger partial charge in [-0.05, 0) is 55.3 Å². The van der Waals surface area contributed by atoms with Gasteiger partial charge in [-0.25, -0.2) is 0 Å². The number of nitrogens with one attached hydrogen (secondary N) is 1. The van der Waals surface area contributed by atoms with Crippen LogP contribution in [0, 0.1) is 36.5 Å². The highest BCUT2D eigenvalue weighted by molar-refractivity contribution is 6.31. The molecule has 0 saturated carbocycles. The number of anilines is 1. The van der Waals surface area contributed by atoms with Gasteiger partial charge in [0.05, 0.1) is 11.6 Å². The second-order valence-corrected chi connectivity index (χ2v) is 8.31. The molecule has 0 unspecified atom stereocenters. The van der Waals surface area contributed by atoms with Crippen molar-refractivity contribution in [3.63, 3.8) is 0 Å². The molecule has 0 atom stereocenters. The van der Waals surface area contributed by atoms with Crippen molar-refractivity contribution in [2.75, 3.05) is 5.32 Å². The Kier molecular flexibility index (Phi) is 6.50. The number of nitrogens with zero attached hydrogens (tertiary/aromatic N) is 3. The molecule has 4 aromatic rings. The second-order valence-electron chi connectivity index (χ2n) is 7.91. The lowest BCUT2D eigenvalue weighted by Gasteiger charge is -2.10. The van der Waals surface area contributed by atoms with Gasteiger partial charge in [-0.2, -0.15) is 10.5 Å². The van der Waals surface area contributed by atoms with E-state index in [4.69, 9.17) is 11.6 Å². The molecule has 1 heterocycles. The van der Waals surface area contributed by atoms with E-state index < -0.39 is 5.91 Å². The van der Waals surface area contributed by atoms with Crippen LogP contribution in [0.5, 0.6) is 0 Å². The fourth-order valence-corrected chi connectivity index (χ4v) is 4.18. The zero-order valence-corrected chi connectivity index (χ0v) is 19.5. The van der Waals surface area contributed by atoms with Crippen LogP contribution in [0.2, 0.25) is 5.02 Å². The van der Waals surface area contributed by atoms with Gasteiger partial charge in [0.15, 0.2) is 0 Å². The largest absolute Gasteiger partial charge is 0.340 e. The van der Waals surface area contributed by atoms with E-state index >= 15 is 0 Å². The van der Waals surface area contributed by atoms with Gasteiger partial charge in [0.1, 0.15) is 11.6 Å². The molecule has 5 nitrogen and oxygen atoms in total. The van der Waals surface area contributed by atoms with E-state index in [0.29, 0.717) is 22.8 Å². The molecule has 3 aromatic carbocycles. The molecule has 0 bridgehead atoms. The van der Waals surface area contributed by atoms with Crippen LogP contribution in [-0.4, -0.2) is 10.5 Å². The predicted octanol–water partition coefficient (Wildman–Crippen LogP) is 6.38. The third-order valence-electron chi connectivity index (χ3n) is 5.92. The van der Waals surface area contributed by atoms with Crippen LogP contribution in [0.15, 0.2) is 72.3 Å². The number of hydrogen-bond acceptors (Lipinski definition) is 3. The zero-order valence-electron chi connectivity index (χ0n) is 18.8. The van der Waals surface area contributed by atoms with E-state index in [1.807, 2.05) is 62.4 Å². The quantitative estimate of drug-likeness (QED) is 0.275. The first-order valence-electron chi connectivity index (χ1n) is 10.7. The first-order chi connectivity index (χ1) is 16.4. The number of halogens is 1. The van der Waals surface area contributed by atoms with Crippen LogP contribution < -0.4 is 5.32 Å². The number of nitriles is 2. The summed E-state index contributed by atoms with van der Waals surface area (Å²) in [7, 11) is 0. The summed E-state index contributed by atoms with van der Waals surface area (Å²) in [5, 5.41) is 23.5. The minimum absolute atomic E-state index is 0.0113. The summed E-state index contributed by atoms with van der Waals surface area (Å²) in [6.45, 7) is 4.26. The molecule has 0 fully saturated rings. The molecule has 1 amide bonds. The summed E-state index contributed by atoms with van der Waals surface area (Å²) >= 11 is 6.16. The lowest BCUT2D eigenvalue weighted by molar-refractivity contribution is -0.112. The Hall–Kier alpha value is -4.32. The highest BCUT2D eigenvalue weighted by Gasteiger charge is 2.17. The van der Waals surface area contributed by atoms with Crippen molar-refractivity contribution >= 4 is 40.2 Å². The van der Waals surface area contributed by atoms with Crippen LogP contribution in [0.4, 0.5) is 5.69 Å². The van der Waals surface area contributed by atoms with Gasteiger partial charge in [-0.3, -0.25) is 4.79 Å². The van der Waals surface area contributed by atoms with Crippen molar-refractivity contribution < 1.29 is 4.79 Å². The highest BCUT2D eigenvalue weighted by Crippen LogP contribution is 2.30. The van der Waals surface area contributed by atoms with E-state index in [0.717, 1.165) is 33.3 Å². The number of amides is 1. The Morgan fingerprint density at radius 3 is 2.53 bits per heavy atom. The van der Waals surface area contributed by atoms with Crippen LogP contribution in [-0.2, 0) is 11.3 Å². The average Bonchev–Trinajstić information content (AvgIpc) is 3.11. The van der Waals surface area contributed by atoms with Crippen LogP contribution in [0.3, 0.4) is 0 Å². The predicted molar refractivity (Wildman–Crippen MR) is 135 cm³/mol. The number of aromatic nitrogens is 1. The Morgan fingerprint density at radius 2 is 1.76 bits per heavy atom. The molecular formula is C28H21ClN4O. The maximum atomic E-state index is 13.0. The van der Waals surface area contributed by atoms with Crippen molar-refractivity contribution in [3.8, 4) is 12.1 Å². The van der Waals surface area contributed by atoms with E-state index in [-0.39, 0.29) is 5.57 Å². The number of hydrogen-bond donors (Lipinski definition) is 1. The van der Waals surface area contributed by atoms with Crippen molar-refractivity contribution in [1.82, 2.24) is 4.57 Å². The Morgan fingerprint density at radius 1 is 1.03 bits per heavy atom. The molecular weight excluding hydrogens is 444 g/mol. The van der Waals surface area contributed by atoms with Crippen molar-refractivity contribution in [1.29, 1.82) is 10.5 Å². The molecule has 0 radical (unpaired) electrons. The SMILES string of the molecule is Cc1c(Cl)cccc1NC(=O)/C(C#N)=C/c1c(C)n(Cc2ccccc2C#N)c2ccccc12. The third-order valence-corrected chi connectivity index (χ3v) is 6.33. The van der Waals surface area contributed by atoms with E-state index in [1.54, 1.807) is 30.3 Å². The van der Waals surface area contributed by atoms with Crippen molar-refractivity contribution in [2.45, 2.75) is 20.4 Å². The molecule has 34 heavy (non-hydrogen) atoms. The molecule has 1 aromatic heterocycles. The average molecular weight is 465 g/mol. The first kappa shape index (κ1) is 22.9. The monoisotopic (exact) mass is 464 g/mol. The van der Waals surface area contributed by atoms with Gasteiger partial charge < -0.3 is 9.88 Å². The highest BCUT2D eigenvalue weighted by atomic mass is 35.5. The number of benzene rings is 3. The molecule has 0 spiro atoms. The lowest BCUT2D eigenvalue weighted by Crippen LogP contribution is -2.14. The Balaban J connectivity index is 1.77. The summed E-state index contributed by atoms with van der Waals surface area (Å²) in [6.07, 6.45) is 1.62. The molecule has 0 aliphatic rings. The molecule has 4 rings (SSSR count). The minimum Gasteiger partial charge on any atom is -0.340 e. The number of fused-ring (bicyclic) bond motifs is 1. The standard InChI is InChI=1S/C28H21ClN4O/c1-18-25(29)11-7-12-26(18)32-28(34)22(16-31)14-24-19(2)33(27-13-6-5-10-23(24)27)17-21-9-4-3-8-20(21)15-30/h3-14H,17H2,1-2H3,(H,32,34)/b22-14+. The fraction of sp³-hybridized carbons (Fsp3) is 0.107. The second kappa shape index (κ2) is 9.67. The smallest absolute Gasteiger partial charge is 0.266 e. The molecule has 166 valence electrons. The number of carbonyl (C=O) groups is 1. The summed E-state index contributed by atoms with van der Waals surface area (Å²) in [6, 6.07) is 24.8. The van der Waals surface area contributed by atoms with E-state index in [1.165, 1.54) is 0 Å². The van der Waals surface area contributed by atoms with Gasteiger partial charge >= 0.3 is 0 Å². The normalized spacial score (nSPS) is 11.1. The first-order valence-corrected chi connectivity index (χ1v) is 11.1. The summed E-state index contributed by atoms with van der Waals surface area (Å²) in [4.78, 5) is 13.0. The summed E-state index contributed by atoms with van der Waals surface area (Å²) in [5.74, 6) is -0.501. The maximum absolute atomic E-state index is 13.0. The molecule has 0 saturated heterocycles. The number of rotatable bonds is 5. The number of carbonyl (C=O) groups excluding carboxylic acids is 1. The molecule has 0 aliphatic heterocycles. The van der Waals surface area contributed by atoms with Crippen molar-refractivity contribution in [3.05, 3.63) is 105 Å². The van der Waals surface area contributed by atoms with Crippen LogP contribution in [0.1, 0.15) is 27.9 Å². The fourth-order valence-electron chi connectivity index (χ4n) is 4.01. The Bertz CT molecular complexity index is 1530. The van der Waals surface area contributed by atoms with Crippen LogP contribution in [0.25, 0.3) is 17.0 Å². The van der Waals surface area contributed by atoms with Gasteiger partial charge in [0, 0.05) is 39.4 Å². The lowest BCUT2D eigenvalue weighted by atomic mass is 10.1. The summed E-state index contributed by atoms with van der Waals surface area (Å²) in [5.41, 5.74) is 5.45. The Labute approximate surface area is 203 Å². The van der Waals surface area contributed by atoms with Gasteiger partial charge in [0.25, 0.3) is 5.91 Å². The molecule has 1 N–H and O–H groups in total. The topological polar surface area (TPSA) is 81.6 Å². The van der Waals surface area contributed by atoms with Gasteiger partial charge in [-0.15, -0.1) is 0 Å². The minimum atomic E-state index is -0.501. The third kappa shape index (κ3) is 4.30. The van der Waals surface area contributed by atoms with Gasteiger partial charge in [-0.1, -0.05) is 54.1 Å². The van der Waals surface area contributed by atoms with E-state index in [9.17, 15) is 15.3 Å². The van der Waals surface area contributed by atoms with Gasteiger partial charge in [0.2, 0.25) is 0 Å². The van der Waals surface area contributed by atoms with E-state index in [2.05, 4.69) is 16.0 Å².